The fourth-order valence-electron chi connectivity index (χ4n) is 3.63. The van der Waals surface area contributed by atoms with Crippen LogP contribution in [0.3, 0.4) is 0 Å². The number of hydrogen-bond donors (Lipinski definition) is 0. The molecule has 5 heteroatoms. The van der Waals surface area contributed by atoms with Crippen LogP contribution in [0.2, 0.25) is 0 Å². The number of rotatable bonds is 4. The summed E-state index contributed by atoms with van der Waals surface area (Å²) in [5, 5.41) is 2.35. The number of oxazole rings is 1. The van der Waals surface area contributed by atoms with Gasteiger partial charge in [-0.2, -0.15) is 0 Å². The van der Waals surface area contributed by atoms with Crippen LogP contribution < -0.4 is 0 Å². The summed E-state index contributed by atoms with van der Waals surface area (Å²) in [6.45, 7) is 3.40. The molecular formula is C21H22N2O3. The second-order valence-corrected chi connectivity index (χ2v) is 6.74. The van der Waals surface area contributed by atoms with Crippen molar-refractivity contribution >= 4 is 16.7 Å². The summed E-state index contributed by atoms with van der Waals surface area (Å²) < 4.78 is 10.9. The van der Waals surface area contributed by atoms with Crippen LogP contribution in [0.25, 0.3) is 22.2 Å². The molecule has 1 saturated heterocycles. The summed E-state index contributed by atoms with van der Waals surface area (Å²) >= 11 is 0. The number of nitrogens with zero attached hydrogens (tertiary/aromatic N) is 2. The van der Waals surface area contributed by atoms with Gasteiger partial charge in [-0.1, -0.05) is 30.3 Å². The van der Waals surface area contributed by atoms with Crippen LogP contribution in [-0.4, -0.2) is 35.5 Å². The highest BCUT2D eigenvalue weighted by atomic mass is 16.5. The molecule has 1 aliphatic heterocycles. The lowest BCUT2D eigenvalue weighted by Gasteiger charge is -2.21. The van der Waals surface area contributed by atoms with Crippen molar-refractivity contribution in [1.29, 1.82) is 0 Å². The lowest BCUT2D eigenvalue weighted by atomic mass is 10.1. The van der Waals surface area contributed by atoms with Crippen molar-refractivity contribution in [2.75, 3.05) is 13.7 Å². The van der Waals surface area contributed by atoms with Gasteiger partial charge in [0.1, 0.15) is 11.8 Å². The zero-order valence-electron chi connectivity index (χ0n) is 15.1. The molecule has 0 N–H and O–H groups in total. The third-order valence-electron chi connectivity index (χ3n) is 5.08. The highest BCUT2D eigenvalue weighted by Crippen LogP contribution is 2.28. The van der Waals surface area contributed by atoms with E-state index in [0.29, 0.717) is 12.4 Å². The fraction of sp³-hybridized carbons (Fsp3) is 0.333. The van der Waals surface area contributed by atoms with Gasteiger partial charge in [-0.25, -0.2) is 4.98 Å². The highest BCUT2D eigenvalue weighted by molar-refractivity contribution is 5.86. The molecule has 2 heterocycles. The zero-order valence-corrected chi connectivity index (χ0v) is 15.1. The van der Waals surface area contributed by atoms with Gasteiger partial charge in [0.25, 0.3) is 0 Å². The molecule has 1 aromatic heterocycles. The minimum Gasteiger partial charge on any atom is -0.468 e. The summed E-state index contributed by atoms with van der Waals surface area (Å²) in [5.74, 6) is 1.25. The molecule has 3 aromatic rings. The van der Waals surface area contributed by atoms with Crippen molar-refractivity contribution in [3.05, 3.63) is 53.9 Å². The largest absolute Gasteiger partial charge is 0.468 e. The number of likely N-dealkylation sites (tertiary alicyclic amines) is 1. The third-order valence-corrected chi connectivity index (χ3v) is 5.08. The van der Waals surface area contributed by atoms with Crippen LogP contribution in [-0.2, 0) is 16.1 Å². The van der Waals surface area contributed by atoms with Gasteiger partial charge >= 0.3 is 5.97 Å². The Labute approximate surface area is 152 Å². The van der Waals surface area contributed by atoms with E-state index in [-0.39, 0.29) is 12.0 Å². The molecule has 1 fully saturated rings. The first-order valence-corrected chi connectivity index (χ1v) is 8.93. The Kier molecular flexibility index (Phi) is 4.47. The Balaban J connectivity index is 1.59. The van der Waals surface area contributed by atoms with Crippen LogP contribution >= 0.6 is 0 Å². The molecule has 2 aromatic carbocycles. The van der Waals surface area contributed by atoms with E-state index in [1.165, 1.54) is 12.5 Å². The number of aromatic nitrogens is 1. The van der Waals surface area contributed by atoms with Crippen molar-refractivity contribution < 1.29 is 13.9 Å². The summed E-state index contributed by atoms with van der Waals surface area (Å²) in [7, 11) is 1.44. The fourth-order valence-corrected chi connectivity index (χ4v) is 3.63. The van der Waals surface area contributed by atoms with Crippen LogP contribution in [0.15, 0.2) is 46.9 Å². The minimum atomic E-state index is -0.180. The molecule has 4 rings (SSSR count). The molecule has 0 saturated carbocycles. The van der Waals surface area contributed by atoms with E-state index < -0.39 is 0 Å². The van der Waals surface area contributed by atoms with Crippen molar-refractivity contribution in [3.8, 4) is 11.5 Å². The van der Waals surface area contributed by atoms with E-state index in [0.717, 1.165) is 41.8 Å². The Hall–Kier alpha value is -2.66. The number of hydrogen-bond acceptors (Lipinski definition) is 5. The van der Waals surface area contributed by atoms with Gasteiger partial charge in [0.05, 0.1) is 12.8 Å². The van der Waals surface area contributed by atoms with E-state index in [2.05, 4.69) is 29.2 Å². The molecule has 1 aliphatic rings. The average Bonchev–Trinajstić information content (AvgIpc) is 3.28. The Morgan fingerprint density at radius 2 is 2.08 bits per heavy atom. The van der Waals surface area contributed by atoms with Gasteiger partial charge in [0.15, 0.2) is 0 Å². The maximum absolute atomic E-state index is 11.9. The van der Waals surface area contributed by atoms with Gasteiger partial charge in [0, 0.05) is 12.1 Å². The number of methoxy groups -OCH3 is 1. The number of fused-ring (bicyclic) bond motifs is 1. The molecule has 1 atom stereocenters. The predicted molar refractivity (Wildman–Crippen MR) is 99.6 cm³/mol. The second kappa shape index (κ2) is 6.92. The Morgan fingerprint density at radius 3 is 2.88 bits per heavy atom. The lowest BCUT2D eigenvalue weighted by Crippen LogP contribution is -2.36. The third kappa shape index (κ3) is 3.10. The van der Waals surface area contributed by atoms with Gasteiger partial charge < -0.3 is 9.15 Å². The molecule has 0 amide bonds. The monoisotopic (exact) mass is 350 g/mol. The summed E-state index contributed by atoms with van der Waals surface area (Å²) in [6.07, 6.45) is 1.83. The molecule has 0 bridgehead atoms. The molecule has 0 aliphatic carbocycles. The quantitative estimate of drug-likeness (QED) is 0.667. The molecular weight excluding hydrogens is 328 g/mol. The first-order chi connectivity index (χ1) is 12.7. The van der Waals surface area contributed by atoms with Crippen LogP contribution in [0, 0.1) is 6.92 Å². The van der Waals surface area contributed by atoms with Gasteiger partial charge in [0.2, 0.25) is 5.89 Å². The number of benzene rings is 2. The number of aryl methyl sites for hydroxylation is 1. The van der Waals surface area contributed by atoms with Gasteiger partial charge in [-0.3, -0.25) is 9.69 Å². The van der Waals surface area contributed by atoms with Crippen molar-refractivity contribution in [3.63, 3.8) is 0 Å². The Morgan fingerprint density at radius 1 is 1.27 bits per heavy atom. The molecule has 0 spiro atoms. The van der Waals surface area contributed by atoms with Crippen molar-refractivity contribution in [1.82, 2.24) is 9.88 Å². The topological polar surface area (TPSA) is 55.6 Å². The van der Waals surface area contributed by atoms with Crippen LogP contribution in [0.4, 0.5) is 0 Å². The highest BCUT2D eigenvalue weighted by Gasteiger charge is 2.32. The normalized spacial score (nSPS) is 17.7. The average molecular weight is 350 g/mol. The molecule has 0 radical (unpaired) electrons. The van der Waals surface area contributed by atoms with Crippen molar-refractivity contribution in [2.45, 2.75) is 32.4 Å². The predicted octanol–water partition coefficient (Wildman–Crippen LogP) is 3.94. The van der Waals surface area contributed by atoms with E-state index in [4.69, 9.17) is 14.1 Å². The van der Waals surface area contributed by atoms with E-state index in [1.54, 1.807) is 0 Å². The van der Waals surface area contributed by atoms with Crippen molar-refractivity contribution in [2.24, 2.45) is 0 Å². The lowest BCUT2D eigenvalue weighted by molar-refractivity contribution is -0.146. The molecule has 0 unspecified atom stereocenters. The maximum atomic E-state index is 11.9. The first-order valence-electron chi connectivity index (χ1n) is 8.93. The summed E-state index contributed by atoms with van der Waals surface area (Å²) in [4.78, 5) is 18.8. The first kappa shape index (κ1) is 16.8. The SMILES string of the molecule is COC(=O)[C@@H]1CCCN1Cc1nc(-c2ccc3ccccc3c2)oc1C. The standard InChI is InChI=1S/C21H22N2O3/c1-14-18(13-23-11-5-8-19(23)21(24)25-2)22-20(26-14)17-10-9-15-6-3-4-7-16(15)12-17/h3-4,6-7,9-10,12,19H,5,8,11,13H2,1-2H3/t19-/m0/s1. The van der Waals surface area contributed by atoms with Gasteiger partial charge in [-0.15, -0.1) is 0 Å². The maximum Gasteiger partial charge on any atom is 0.323 e. The summed E-state index contributed by atoms with van der Waals surface area (Å²) in [6, 6.07) is 14.3. The van der Waals surface area contributed by atoms with Crippen LogP contribution in [0.5, 0.6) is 0 Å². The number of carbonyl (C=O) groups is 1. The molecule has 134 valence electrons. The van der Waals surface area contributed by atoms with Gasteiger partial charge in [-0.05, 0) is 49.2 Å². The summed E-state index contributed by atoms with van der Waals surface area (Å²) in [5.41, 5.74) is 1.84. The Bertz CT molecular complexity index is 947. The van der Waals surface area contributed by atoms with E-state index in [9.17, 15) is 4.79 Å². The van der Waals surface area contributed by atoms with E-state index >= 15 is 0 Å². The number of esters is 1. The van der Waals surface area contributed by atoms with E-state index in [1.807, 2.05) is 25.1 Å². The minimum absolute atomic E-state index is 0.168. The molecule has 26 heavy (non-hydrogen) atoms. The number of ether oxygens (including phenoxy) is 1. The zero-order chi connectivity index (χ0) is 18.1. The number of carbonyl (C=O) groups excluding carboxylic acids is 1. The molecule has 5 nitrogen and oxygen atoms in total. The van der Waals surface area contributed by atoms with Crippen LogP contribution in [0.1, 0.15) is 24.3 Å². The smallest absolute Gasteiger partial charge is 0.323 e. The second-order valence-electron chi connectivity index (χ2n) is 6.74.